The van der Waals surface area contributed by atoms with Crippen LogP contribution >= 0.6 is 11.3 Å². The van der Waals surface area contributed by atoms with Crippen LogP contribution in [0.3, 0.4) is 0 Å². The number of nitrogens with one attached hydrogen (secondary N) is 1. The van der Waals surface area contributed by atoms with Gasteiger partial charge in [0.2, 0.25) is 0 Å². The zero-order valence-corrected chi connectivity index (χ0v) is 8.67. The maximum atomic E-state index is 10.5. The number of aliphatic hydroxyl groups is 1. The first-order valence-electron chi connectivity index (χ1n) is 4.30. The molecule has 4 nitrogen and oxygen atoms in total. The number of aromatic carboxylic acids is 1. The van der Waals surface area contributed by atoms with Crippen LogP contribution in [0.25, 0.3) is 0 Å². The van der Waals surface area contributed by atoms with Crippen molar-refractivity contribution in [2.24, 2.45) is 0 Å². The summed E-state index contributed by atoms with van der Waals surface area (Å²) in [6.45, 7) is 2.81. The van der Waals surface area contributed by atoms with Crippen LogP contribution in [0.1, 0.15) is 21.5 Å². The zero-order chi connectivity index (χ0) is 10.6. The van der Waals surface area contributed by atoms with Crippen LogP contribution in [0, 0.1) is 0 Å². The van der Waals surface area contributed by atoms with Crippen LogP contribution in [0.2, 0.25) is 0 Å². The molecule has 1 aromatic heterocycles. The number of thiophene rings is 1. The van der Waals surface area contributed by atoms with Gasteiger partial charge >= 0.3 is 5.97 Å². The number of carbonyl (C=O) groups is 1. The molecule has 0 aromatic carbocycles. The summed E-state index contributed by atoms with van der Waals surface area (Å²) in [4.78, 5) is 11.9. The van der Waals surface area contributed by atoms with E-state index in [1.54, 1.807) is 19.1 Å². The van der Waals surface area contributed by atoms with Crippen molar-refractivity contribution >= 4 is 17.3 Å². The first-order chi connectivity index (χ1) is 6.59. The Balaban J connectivity index is 2.40. The van der Waals surface area contributed by atoms with Crippen LogP contribution < -0.4 is 5.32 Å². The molecule has 1 unspecified atom stereocenters. The van der Waals surface area contributed by atoms with Crippen molar-refractivity contribution in [3.63, 3.8) is 0 Å². The number of rotatable bonds is 5. The number of hydrogen-bond acceptors (Lipinski definition) is 4. The molecule has 1 heterocycles. The van der Waals surface area contributed by atoms with Crippen LogP contribution in [-0.2, 0) is 6.54 Å². The van der Waals surface area contributed by atoms with Crippen molar-refractivity contribution in [3.05, 3.63) is 21.9 Å². The van der Waals surface area contributed by atoms with Crippen LogP contribution in [-0.4, -0.2) is 28.8 Å². The van der Waals surface area contributed by atoms with Crippen LogP contribution in [0.5, 0.6) is 0 Å². The van der Waals surface area contributed by atoms with E-state index in [1.807, 2.05) is 0 Å². The average molecular weight is 215 g/mol. The molecule has 5 heteroatoms. The lowest BCUT2D eigenvalue weighted by Crippen LogP contribution is -2.23. The van der Waals surface area contributed by atoms with Gasteiger partial charge in [-0.25, -0.2) is 4.79 Å². The molecule has 0 spiro atoms. The molecule has 0 saturated carbocycles. The molecule has 0 saturated heterocycles. The lowest BCUT2D eigenvalue weighted by Gasteiger charge is -2.04. The first-order valence-corrected chi connectivity index (χ1v) is 5.12. The van der Waals surface area contributed by atoms with E-state index >= 15 is 0 Å². The predicted octanol–water partition coefficient (Wildman–Crippen LogP) is 0.917. The van der Waals surface area contributed by atoms with E-state index in [9.17, 15) is 4.79 Å². The van der Waals surface area contributed by atoms with Gasteiger partial charge in [-0.1, -0.05) is 0 Å². The fourth-order valence-electron chi connectivity index (χ4n) is 0.992. The minimum atomic E-state index is -0.892. The van der Waals surface area contributed by atoms with Gasteiger partial charge < -0.3 is 15.5 Å². The maximum absolute atomic E-state index is 10.5. The number of aliphatic hydroxyl groups excluding tert-OH is 1. The molecular weight excluding hydrogens is 202 g/mol. The molecule has 0 fully saturated rings. The number of hydrogen-bond donors (Lipinski definition) is 3. The molecule has 0 amide bonds. The van der Waals surface area contributed by atoms with Crippen LogP contribution in [0.4, 0.5) is 0 Å². The van der Waals surface area contributed by atoms with Gasteiger partial charge in [0.15, 0.2) is 0 Å². The third-order valence-electron chi connectivity index (χ3n) is 1.61. The van der Waals surface area contributed by atoms with Crippen molar-refractivity contribution in [1.82, 2.24) is 5.32 Å². The molecule has 0 aliphatic heterocycles. The third-order valence-corrected chi connectivity index (χ3v) is 2.68. The molecule has 1 aromatic rings. The summed E-state index contributed by atoms with van der Waals surface area (Å²) in [5.74, 6) is -0.892. The standard InChI is InChI=1S/C9H13NO3S/c1-6(11)4-10-5-7-2-3-8(14-7)9(12)13/h2-3,6,10-11H,4-5H2,1H3,(H,12,13). The zero-order valence-electron chi connectivity index (χ0n) is 7.86. The smallest absolute Gasteiger partial charge is 0.345 e. The molecule has 78 valence electrons. The summed E-state index contributed by atoms with van der Waals surface area (Å²) >= 11 is 1.25. The van der Waals surface area contributed by atoms with E-state index in [0.717, 1.165) is 4.88 Å². The van der Waals surface area contributed by atoms with Gasteiger partial charge in [-0.15, -0.1) is 11.3 Å². The fourth-order valence-corrected chi connectivity index (χ4v) is 1.81. The van der Waals surface area contributed by atoms with E-state index in [2.05, 4.69) is 5.32 Å². The Morgan fingerprint density at radius 2 is 2.36 bits per heavy atom. The van der Waals surface area contributed by atoms with Gasteiger partial charge in [-0.05, 0) is 19.1 Å². The summed E-state index contributed by atoms with van der Waals surface area (Å²) in [5.41, 5.74) is 0. The van der Waals surface area contributed by atoms with Gasteiger partial charge in [-0.3, -0.25) is 0 Å². The van der Waals surface area contributed by atoms with Gasteiger partial charge in [0.05, 0.1) is 6.10 Å². The Bertz CT molecular complexity index is 309. The van der Waals surface area contributed by atoms with E-state index in [4.69, 9.17) is 10.2 Å². The van der Waals surface area contributed by atoms with Crippen molar-refractivity contribution in [2.45, 2.75) is 19.6 Å². The minimum absolute atomic E-state index is 0.346. The lowest BCUT2D eigenvalue weighted by atomic mass is 10.4. The lowest BCUT2D eigenvalue weighted by molar-refractivity contribution is 0.0702. The predicted molar refractivity (Wildman–Crippen MR) is 54.7 cm³/mol. The summed E-state index contributed by atoms with van der Waals surface area (Å²) in [6.07, 6.45) is -0.381. The van der Waals surface area contributed by atoms with E-state index in [1.165, 1.54) is 11.3 Å². The topological polar surface area (TPSA) is 69.6 Å². The fraction of sp³-hybridized carbons (Fsp3) is 0.444. The Hall–Kier alpha value is -0.910. The maximum Gasteiger partial charge on any atom is 0.345 e. The van der Waals surface area contributed by atoms with E-state index < -0.39 is 5.97 Å². The molecule has 0 aliphatic rings. The van der Waals surface area contributed by atoms with E-state index in [-0.39, 0.29) is 6.10 Å². The second kappa shape index (κ2) is 5.09. The van der Waals surface area contributed by atoms with Gasteiger partial charge in [0, 0.05) is 18.0 Å². The second-order valence-electron chi connectivity index (χ2n) is 3.05. The highest BCUT2D eigenvalue weighted by Gasteiger charge is 2.06. The normalized spacial score (nSPS) is 12.7. The molecule has 0 aliphatic carbocycles. The quantitative estimate of drug-likeness (QED) is 0.683. The third kappa shape index (κ3) is 3.45. The highest BCUT2D eigenvalue weighted by Crippen LogP contribution is 2.15. The van der Waals surface area contributed by atoms with Crippen LogP contribution in [0.15, 0.2) is 12.1 Å². The number of carboxylic acid groups (broad SMARTS) is 1. The van der Waals surface area contributed by atoms with Gasteiger partial charge in [-0.2, -0.15) is 0 Å². The monoisotopic (exact) mass is 215 g/mol. The van der Waals surface area contributed by atoms with Gasteiger partial charge in [0.1, 0.15) is 4.88 Å². The summed E-state index contributed by atoms with van der Waals surface area (Å²) < 4.78 is 0. The average Bonchev–Trinajstić information content (AvgIpc) is 2.52. The molecular formula is C9H13NO3S. The van der Waals surface area contributed by atoms with Gasteiger partial charge in [0.25, 0.3) is 0 Å². The second-order valence-corrected chi connectivity index (χ2v) is 4.22. The summed E-state index contributed by atoms with van der Waals surface area (Å²) in [7, 11) is 0. The van der Waals surface area contributed by atoms with Crippen molar-refractivity contribution < 1.29 is 15.0 Å². The minimum Gasteiger partial charge on any atom is -0.477 e. The Morgan fingerprint density at radius 1 is 1.64 bits per heavy atom. The molecule has 1 rings (SSSR count). The Labute approximate surface area is 86.2 Å². The molecule has 1 atom stereocenters. The Morgan fingerprint density at radius 3 is 2.86 bits per heavy atom. The van der Waals surface area contributed by atoms with Crippen molar-refractivity contribution in [3.8, 4) is 0 Å². The molecule has 3 N–H and O–H groups in total. The highest BCUT2D eigenvalue weighted by molar-refractivity contribution is 7.13. The SMILES string of the molecule is CC(O)CNCc1ccc(C(=O)O)s1. The molecule has 0 radical (unpaired) electrons. The first kappa shape index (κ1) is 11.2. The highest BCUT2D eigenvalue weighted by atomic mass is 32.1. The summed E-state index contributed by atoms with van der Waals surface area (Å²) in [5, 5.41) is 20.7. The Kier molecular flexibility index (Phi) is 4.06. The van der Waals surface area contributed by atoms with Crippen molar-refractivity contribution in [1.29, 1.82) is 0 Å². The molecule has 14 heavy (non-hydrogen) atoms. The number of carboxylic acids is 1. The van der Waals surface area contributed by atoms with Crippen molar-refractivity contribution in [2.75, 3.05) is 6.54 Å². The molecule has 0 bridgehead atoms. The van der Waals surface area contributed by atoms with E-state index in [0.29, 0.717) is 18.0 Å². The summed E-state index contributed by atoms with van der Waals surface area (Å²) in [6, 6.07) is 3.37. The largest absolute Gasteiger partial charge is 0.477 e.